The van der Waals surface area contributed by atoms with Gasteiger partial charge in [0.2, 0.25) is 5.95 Å². The average molecular weight is 449 g/mol. The number of H-pyrrole nitrogens is 1. The van der Waals surface area contributed by atoms with Crippen LogP contribution in [0.15, 0.2) is 36.8 Å². The van der Waals surface area contributed by atoms with E-state index in [1.165, 1.54) is 18.9 Å². The molecule has 170 valence electrons. The highest BCUT2D eigenvalue weighted by molar-refractivity contribution is 5.76. The largest absolute Gasteiger partial charge is 0.358 e. The summed E-state index contributed by atoms with van der Waals surface area (Å²) in [6.07, 6.45) is 8.81. The van der Waals surface area contributed by atoms with Gasteiger partial charge in [-0.3, -0.25) is 5.10 Å². The van der Waals surface area contributed by atoms with Gasteiger partial charge in [0.25, 0.3) is 0 Å². The molecule has 6 rings (SSSR count). The summed E-state index contributed by atoms with van der Waals surface area (Å²) in [7, 11) is 0. The predicted molar refractivity (Wildman–Crippen MR) is 122 cm³/mol. The van der Waals surface area contributed by atoms with Gasteiger partial charge in [0, 0.05) is 48.7 Å². The van der Waals surface area contributed by atoms with Crippen molar-refractivity contribution in [3.8, 4) is 0 Å². The van der Waals surface area contributed by atoms with Gasteiger partial charge in [-0.25, -0.2) is 14.4 Å². The Morgan fingerprint density at radius 3 is 2.91 bits per heavy atom. The van der Waals surface area contributed by atoms with Crippen LogP contribution in [-0.2, 0) is 11.3 Å². The van der Waals surface area contributed by atoms with E-state index in [-0.39, 0.29) is 18.6 Å². The third-order valence-electron chi connectivity index (χ3n) is 6.17. The van der Waals surface area contributed by atoms with E-state index >= 15 is 0 Å². The minimum Gasteiger partial charge on any atom is -0.358 e. The number of nitrogens with zero attached hydrogens (tertiary/aromatic N) is 5. The first-order valence-electron chi connectivity index (χ1n) is 11.4. The van der Waals surface area contributed by atoms with Crippen molar-refractivity contribution in [3.63, 3.8) is 0 Å². The lowest BCUT2D eigenvalue weighted by Crippen LogP contribution is -2.17. The molecule has 9 nitrogen and oxygen atoms in total. The topological polar surface area (TPSA) is 106 Å². The van der Waals surface area contributed by atoms with Gasteiger partial charge in [0.05, 0.1) is 17.4 Å². The third kappa shape index (κ3) is 4.25. The van der Waals surface area contributed by atoms with Gasteiger partial charge in [0.1, 0.15) is 17.9 Å². The Morgan fingerprint density at radius 1 is 1.12 bits per heavy atom. The lowest BCUT2D eigenvalue weighted by Gasteiger charge is -2.24. The van der Waals surface area contributed by atoms with Gasteiger partial charge < -0.3 is 19.9 Å². The smallest absolute Gasteiger partial charge is 0.224 e. The summed E-state index contributed by atoms with van der Waals surface area (Å²) in [6.45, 7) is 0.969. The van der Waals surface area contributed by atoms with Crippen LogP contribution in [0.1, 0.15) is 55.5 Å². The molecule has 0 bridgehead atoms. The average Bonchev–Trinajstić information content (AvgIpc) is 3.45. The standard InChI is InChI=1S/C23H25FN8O/c24-16-10-19-18(27-13-32(19)22-3-1-2-8-33-22)9-15(16)12-26-23-25-7-6-20(29-23)28-21-11-17(30-31-21)14-4-5-14/h6-7,9-11,13-14,22H,1-5,8,12H2,(H3,25,26,28,29,30,31). The molecular formula is C23H25FN8O. The summed E-state index contributed by atoms with van der Waals surface area (Å²) in [5.74, 6) is 2.04. The van der Waals surface area contributed by atoms with Crippen molar-refractivity contribution >= 4 is 28.6 Å². The fourth-order valence-corrected chi connectivity index (χ4v) is 4.22. The SMILES string of the molecule is Fc1cc2c(cc1CNc1nccc(Nc3cc(C4CC4)[nH]n3)n1)ncn2C1CCCCO1. The van der Waals surface area contributed by atoms with Crippen molar-refractivity contribution in [1.82, 2.24) is 29.7 Å². The fourth-order valence-electron chi connectivity index (χ4n) is 4.22. The van der Waals surface area contributed by atoms with E-state index in [0.29, 0.717) is 23.2 Å². The van der Waals surface area contributed by atoms with Crippen LogP contribution in [0.3, 0.4) is 0 Å². The van der Waals surface area contributed by atoms with Gasteiger partial charge in [-0.1, -0.05) is 0 Å². The molecule has 1 atom stereocenters. The van der Waals surface area contributed by atoms with E-state index < -0.39 is 0 Å². The molecule has 3 aromatic heterocycles. The molecule has 1 aliphatic carbocycles. The molecule has 0 amide bonds. The second-order valence-corrected chi connectivity index (χ2v) is 8.63. The van der Waals surface area contributed by atoms with Crippen LogP contribution in [0.2, 0.25) is 0 Å². The highest BCUT2D eigenvalue weighted by Crippen LogP contribution is 2.39. The van der Waals surface area contributed by atoms with Gasteiger partial charge in [-0.05, 0) is 44.2 Å². The van der Waals surface area contributed by atoms with Gasteiger partial charge in [-0.2, -0.15) is 10.1 Å². The summed E-state index contributed by atoms with van der Waals surface area (Å²) < 4.78 is 22.7. The van der Waals surface area contributed by atoms with Crippen LogP contribution < -0.4 is 10.6 Å². The third-order valence-corrected chi connectivity index (χ3v) is 6.17. The molecule has 1 aromatic carbocycles. The molecule has 1 unspecified atom stereocenters. The second-order valence-electron chi connectivity index (χ2n) is 8.63. The van der Waals surface area contributed by atoms with Crippen LogP contribution in [0.4, 0.5) is 22.0 Å². The van der Waals surface area contributed by atoms with E-state index in [2.05, 4.69) is 35.8 Å². The number of rotatable bonds is 7. The number of nitrogens with one attached hydrogen (secondary N) is 3. The number of benzene rings is 1. The zero-order valence-corrected chi connectivity index (χ0v) is 18.1. The second kappa shape index (κ2) is 8.43. The Balaban J connectivity index is 1.15. The molecule has 10 heteroatoms. The molecule has 2 aliphatic rings. The number of aromatic amines is 1. The van der Waals surface area contributed by atoms with Crippen LogP contribution in [0, 0.1) is 5.82 Å². The first kappa shape index (κ1) is 20.1. The molecule has 33 heavy (non-hydrogen) atoms. The first-order chi connectivity index (χ1) is 16.2. The first-order valence-corrected chi connectivity index (χ1v) is 11.4. The number of imidazole rings is 1. The number of hydrogen-bond acceptors (Lipinski definition) is 7. The van der Waals surface area contributed by atoms with Crippen LogP contribution >= 0.6 is 0 Å². The maximum Gasteiger partial charge on any atom is 0.224 e. The molecular weight excluding hydrogens is 423 g/mol. The predicted octanol–water partition coefficient (Wildman–Crippen LogP) is 4.62. The summed E-state index contributed by atoms with van der Waals surface area (Å²) in [4.78, 5) is 13.2. The molecule has 0 spiro atoms. The minimum atomic E-state index is -0.300. The van der Waals surface area contributed by atoms with Crippen LogP contribution in [0.25, 0.3) is 11.0 Å². The highest BCUT2D eigenvalue weighted by atomic mass is 19.1. The van der Waals surface area contributed by atoms with Crippen molar-refractivity contribution in [1.29, 1.82) is 0 Å². The van der Waals surface area contributed by atoms with E-state index in [1.54, 1.807) is 24.7 Å². The Labute approximate surface area is 189 Å². The van der Waals surface area contributed by atoms with Crippen LogP contribution in [0.5, 0.6) is 0 Å². The monoisotopic (exact) mass is 448 g/mol. The molecule has 2 fully saturated rings. The lowest BCUT2D eigenvalue weighted by atomic mass is 10.1. The number of ether oxygens (including phenoxy) is 1. The van der Waals surface area contributed by atoms with E-state index in [1.807, 2.05) is 10.6 Å². The van der Waals surface area contributed by atoms with E-state index in [0.717, 1.165) is 48.4 Å². The molecule has 1 saturated carbocycles. The summed E-state index contributed by atoms with van der Waals surface area (Å²) in [5.41, 5.74) is 3.13. The number of fused-ring (bicyclic) bond motifs is 1. The van der Waals surface area contributed by atoms with Crippen molar-refractivity contribution in [3.05, 3.63) is 53.9 Å². The number of anilines is 3. The quantitative estimate of drug-likeness (QED) is 0.379. The summed E-state index contributed by atoms with van der Waals surface area (Å²) in [5, 5.41) is 13.6. The lowest BCUT2D eigenvalue weighted by molar-refractivity contribution is -0.0295. The molecule has 4 aromatic rings. The Hall–Kier alpha value is -3.53. The minimum absolute atomic E-state index is 0.0781. The number of halogens is 1. The summed E-state index contributed by atoms with van der Waals surface area (Å²) in [6, 6.07) is 7.08. The zero-order valence-electron chi connectivity index (χ0n) is 18.1. The van der Waals surface area contributed by atoms with Crippen molar-refractivity contribution in [2.75, 3.05) is 17.2 Å². The van der Waals surface area contributed by atoms with E-state index in [9.17, 15) is 4.39 Å². The molecule has 1 saturated heterocycles. The Morgan fingerprint density at radius 2 is 2.06 bits per heavy atom. The Bertz CT molecular complexity index is 1270. The van der Waals surface area contributed by atoms with Crippen molar-refractivity contribution in [2.45, 2.75) is 50.8 Å². The number of hydrogen-bond donors (Lipinski definition) is 3. The molecule has 4 heterocycles. The van der Waals surface area contributed by atoms with E-state index in [4.69, 9.17) is 4.74 Å². The maximum absolute atomic E-state index is 14.9. The van der Waals surface area contributed by atoms with Crippen molar-refractivity contribution in [2.24, 2.45) is 0 Å². The molecule has 1 aliphatic heterocycles. The fraction of sp³-hybridized carbons (Fsp3) is 0.391. The Kier molecular flexibility index (Phi) is 5.14. The van der Waals surface area contributed by atoms with Gasteiger partial charge >= 0.3 is 0 Å². The highest BCUT2D eigenvalue weighted by Gasteiger charge is 2.25. The number of aromatic nitrogens is 6. The van der Waals surface area contributed by atoms with Crippen molar-refractivity contribution < 1.29 is 9.13 Å². The maximum atomic E-state index is 14.9. The van der Waals surface area contributed by atoms with Gasteiger partial charge in [0.15, 0.2) is 5.82 Å². The normalized spacial score (nSPS) is 18.5. The molecule has 0 radical (unpaired) electrons. The summed E-state index contributed by atoms with van der Waals surface area (Å²) >= 11 is 0. The van der Waals surface area contributed by atoms with Gasteiger partial charge in [-0.15, -0.1) is 0 Å². The zero-order chi connectivity index (χ0) is 22.2. The molecule has 3 N–H and O–H groups in total. The van der Waals surface area contributed by atoms with Crippen LogP contribution in [-0.4, -0.2) is 36.3 Å².